The Hall–Kier alpha value is -2.04. The molecule has 2 unspecified atom stereocenters. The van der Waals surface area contributed by atoms with Crippen LogP contribution in [0.15, 0.2) is 30.3 Å². The topological polar surface area (TPSA) is 60.9 Å². The Balaban J connectivity index is 2.13. The largest absolute Gasteiger partial charge is 0.481 e. The highest BCUT2D eigenvalue weighted by atomic mass is 16.4. The molecule has 5 nitrogen and oxygen atoms in total. The molecule has 19 heavy (non-hydrogen) atoms. The summed E-state index contributed by atoms with van der Waals surface area (Å²) in [5, 5.41) is 8.86. The first kappa shape index (κ1) is 13.4. The van der Waals surface area contributed by atoms with E-state index in [1.807, 2.05) is 37.3 Å². The third-order valence-electron chi connectivity index (χ3n) is 3.66. The van der Waals surface area contributed by atoms with Crippen molar-refractivity contribution in [3.8, 4) is 0 Å². The molecule has 102 valence electrons. The first-order chi connectivity index (χ1) is 9.00. The number of likely N-dealkylation sites (N-methyl/N-ethyl adjacent to an activating group) is 1. The van der Waals surface area contributed by atoms with Gasteiger partial charge in [-0.15, -0.1) is 0 Å². The molecular weight excluding hydrogens is 244 g/mol. The van der Waals surface area contributed by atoms with Crippen molar-refractivity contribution in [2.24, 2.45) is 0 Å². The van der Waals surface area contributed by atoms with Gasteiger partial charge in [0, 0.05) is 13.6 Å². The lowest BCUT2D eigenvalue weighted by Gasteiger charge is -2.24. The lowest BCUT2D eigenvalue weighted by atomic mass is 10.1. The van der Waals surface area contributed by atoms with Crippen molar-refractivity contribution in [3.05, 3.63) is 35.9 Å². The number of rotatable bonds is 4. The molecule has 2 atom stereocenters. The van der Waals surface area contributed by atoms with Crippen molar-refractivity contribution in [1.29, 1.82) is 0 Å². The first-order valence-electron chi connectivity index (χ1n) is 6.31. The minimum atomic E-state index is -0.876. The van der Waals surface area contributed by atoms with E-state index < -0.39 is 5.97 Å². The molecule has 1 saturated heterocycles. The summed E-state index contributed by atoms with van der Waals surface area (Å²) in [6, 6.07) is 9.34. The third-order valence-corrected chi connectivity index (χ3v) is 3.66. The number of carboxylic acid groups (broad SMARTS) is 1. The van der Waals surface area contributed by atoms with Crippen molar-refractivity contribution in [2.45, 2.75) is 25.4 Å². The van der Waals surface area contributed by atoms with E-state index in [-0.39, 0.29) is 24.5 Å². The number of carbonyl (C=O) groups excluding carboxylic acids is 1. The molecule has 2 rings (SSSR count). The smallest absolute Gasteiger partial charge is 0.320 e. The Morgan fingerprint density at radius 2 is 2.05 bits per heavy atom. The minimum absolute atomic E-state index is 0.0136. The number of amides is 2. The summed E-state index contributed by atoms with van der Waals surface area (Å²) in [6.45, 7) is 2.42. The zero-order valence-electron chi connectivity index (χ0n) is 11.1. The number of nitrogens with zero attached hydrogens (tertiary/aromatic N) is 2. The second kappa shape index (κ2) is 5.30. The number of aliphatic carboxylic acids is 1. The van der Waals surface area contributed by atoms with Gasteiger partial charge in [0.25, 0.3) is 0 Å². The van der Waals surface area contributed by atoms with Crippen molar-refractivity contribution in [1.82, 2.24) is 9.80 Å². The average Bonchev–Trinajstić information content (AvgIpc) is 2.67. The quantitative estimate of drug-likeness (QED) is 0.902. The van der Waals surface area contributed by atoms with Gasteiger partial charge in [0.15, 0.2) is 0 Å². The Labute approximate surface area is 112 Å². The molecule has 5 heteroatoms. The van der Waals surface area contributed by atoms with Crippen LogP contribution in [0.1, 0.15) is 24.9 Å². The zero-order chi connectivity index (χ0) is 14.0. The van der Waals surface area contributed by atoms with E-state index in [0.717, 1.165) is 5.56 Å². The van der Waals surface area contributed by atoms with E-state index in [9.17, 15) is 9.59 Å². The monoisotopic (exact) mass is 262 g/mol. The van der Waals surface area contributed by atoms with Gasteiger partial charge in [-0.3, -0.25) is 4.79 Å². The third kappa shape index (κ3) is 2.70. The average molecular weight is 262 g/mol. The molecule has 2 amide bonds. The number of hydrogen-bond acceptors (Lipinski definition) is 2. The van der Waals surface area contributed by atoms with E-state index in [0.29, 0.717) is 6.54 Å². The Bertz CT molecular complexity index is 475. The maximum atomic E-state index is 12.2. The summed E-state index contributed by atoms with van der Waals surface area (Å²) in [5.74, 6) is -0.876. The summed E-state index contributed by atoms with van der Waals surface area (Å²) in [4.78, 5) is 26.2. The van der Waals surface area contributed by atoms with Crippen LogP contribution in [0.5, 0.6) is 0 Å². The van der Waals surface area contributed by atoms with Gasteiger partial charge in [-0.05, 0) is 12.5 Å². The van der Waals surface area contributed by atoms with Crippen LogP contribution in [0.25, 0.3) is 0 Å². The molecule has 1 aromatic carbocycles. The van der Waals surface area contributed by atoms with Gasteiger partial charge in [-0.1, -0.05) is 30.3 Å². The van der Waals surface area contributed by atoms with Crippen LogP contribution in [0.4, 0.5) is 4.79 Å². The van der Waals surface area contributed by atoms with Gasteiger partial charge < -0.3 is 14.9 Å². The molecule has 0 spiro atoms. The fourth-order valence-corrected chi connectivity index (χ4v) is 2.42. The lowest BCUT2D eigenvalue weighted by Crippen LogP contribution is -2.33. The van der Waals surface area contributed by atoms with Crippen molar-refractivity contribution >= 4 is 12.0 Å². The summed E-state index contributed by atoms with van der Waals surface area (Å²) >= 11 is 0. The molecular formula is C14H18N2O3. The maximum absolute atomic E-state index is 12.2. The van der Waals surface area contributed by atoms with Crippen molar-refractivity contribution < 1.29 is 14.7 Å². The van der Waals surface area contributed by atoms with Crippen molar-refractivity contribution in [3.63, 3.8) is 0 Å². The number of carboxylic acids is 1. The van der Waals surface area contributed by atoms with Crippen LogP contribution in [0.3, 0.4) is 0 Å². The highest BCUT2D eigenvalue weighted by molar-refractivity contribution is 5.79. The molecule has 0 radical (unpaired) electrons. The molecule has 1 fully saturated rings. The first-order valence-corrected chi connectivity index (χ1v) is 6.31. The van der Waals surface area contributed by atoms with Crippen LogP contribution >= 0.6 is 0 Å². The van der Waals surface area contributed by atoms with E-state index >= 15 is 0 Å². The number of hydrogen-bond donors (Lipinski definition) is 1. The molecule has 0 aliphatic carbocycles. The van der Waals surface area contributed by atoms with Crippen molar-refractivity contribution in [2.75, 3.05) is 13.6 Å². The summed E-state index contributed by atoms with van der Waals surface area (Å²) in [7, 11) is 1.66. The van der Waals surface area contributed by atoms with Crippen LogP contribution < -0.4 is 0 Å². The van der Waals surface area contributed by atoms with Gasteiger partial charge in [-0.2, -0.15) is 0 Å². The van der Waals surface area contributed by atoms with E-state index in [1.165, 1.54) is 4.90 Å². The highest BCUT2D eigenvalue weighted by Gasteiger charge is 2.38. The van der Waals surface area contributed by atoms with Gasteiger partial charge in [0.1, 0.15) is 0 Å². The van der Waals surface area contributed by atoms with E-state index in [2.05, 4.69) is 0 Å². The summed E-state index contributed by atoms with van der Waals surface area (Å²) in [6.07, 6.45) is -0.0136. The normalized spacial score (nSPS) is 20.7. The van der Waals surface area contributed by atoms with Crippen LogP contribution in [-0.2, 0) is 4.79 Å². The minimum Gasteiger partial charge on any atom is -0.481 e. The summed E-state index contributed by atoms with van der Waals surface area (Å²) in [5.41, 5.74) is 1.06. The predicted molar refractivity (Wildman–Crippen MR) is 70.8 cm³/mol. The van der Waals surface area contributed by atoms with Crippen LogP contribution in [0.2, 0.25) is 0 Å². The fourth-order valence-electron chi connectivity index (χ4n) is 2.42. The maximum Gasteiger partial charge on any atom is 0.320 e. The molecule has 1 aromatic rings. The Morgan fingerprint density at radius 1 is 1.42 bits per heavy atom. The molecule has 0 aromatic heterocycles. The Morgan fingerprint density at radius 3 is 2.63 bits per heavy atom. The van der Waals surface area contributed by atoms with Gasteiger partial charge in [-0.25, -0.2) is 4.79 Å². The lowest BCUT2D eigenvalue weighted by molar-refractivity contribution is -0.137. The predicted octanol–water partition coefficient (Wildman–Crippen LogP) is 1.96. The van der Waals surface area contributed by atoms with Gasteiger partial charge in [0.2, 0.25) is 0 Å². The van der Waals surface area contributed by atoms with Crippen LogP contribution in [0, 0.1) is 0 Å². The second-order valence-corrected chi connectivity index (χ2v) is 4.88. The number of carbonyl (C=O) groups is 2. The van der Waals surface area contributed by atoms with Gasteiger partial charge in [0.05, 0.1) is 18.5 Å². The SMILES string of the molecule is CC(c1ccccc1)N1CC(CC(=O)O)N(C)C1=O. The Kier molecular flexibility index (Phi) is 3.74. The standard InChI is InChI=1S/C14H18N2O3/c1-10(11-6-4-3-5-7-11)16-9-12(8-13(17)18)15(2)14(16)19/h3-7,10,12H,8-9H2,1-2H3,(H,17,18). The van der Waals surface area contributed by atoms with Gasteiger partial charge >= 0.3 is 12.0 Å². The zero-order valence-corrected chi connectivity index (χ0v) is 11.1. The second-order valence-electron chi connectivity index (χ2n) is 4.88. The summed E-state index contributed by atoms with van der Waals surface area (Å²) < 4.78 is 0. The molecule has 1 aliphatic heterocycles. The number of urea groups is 1. The van der Waals surface area contributed by atoms with E-state index in [4.69, 9.17) is 5.11 Å². The van der Waals surface area contributed by atoms with Crippen LogP contribution in [-0.4, -0.2) is 46.5 Å². The molecule has 0 saturated carbocycles. The highest BCUT2D eigenvalue weighted by Crippen LogP contribution is 2.27. The molecule has 1 aliphatic rings. The fraction of sp³-hybridized carbons (Fsp3) is 0.429. The molecule has 1 heterocycles. The van der Waals surface area contributed by atoms with E-state index in [1.54, 1.807) is 11.9 Å². The molecule has 0 bridgehead atoms. The number of benzene rings is 1. The molecule has 1 N–H and O–H groups in total.